The Morgan fingerprint density at radius 1 is 0.882 bits per heavy atom. The minimum absolute atomic E-state index is 0.136. The van der Waals surface area contributed by atoms with Crippen LogP contribution in [0.5, 0.6) is 0 Å². The van der Waals surface area contributed by atoms with Gasteiger partial charge < -0.3 is 4.42 Å². The second-order valence-corrected chi connectivity index (χ2v) is 10.1. The number of sulfonamides is 1. The number of hydrogen-bond acceptors (Lipinski definition) is 4. The molecule has 2 heterocycles. The van der Waals surface area contributed by atoms with Crippen molar-refractivity contribution in [2.75, 3.05) is 4.31 Å². The summed E-state index contributed by atoms with van der Waals surface area (Å²) in [7, 11) is -3.92. The number of ketones is 1. The third-order valence-electron chi connectivity index (χ3n) is 5.96. The predicted octanol–water partition coefficient (Wildman–Crippen LogP) is 6.19. The molecule has 3 aromatic carbocycles. The smallest absolute Gasteiger partial charge is 0.268 e. The molecule has 0 N–H and O–H groups in total. The Morgan fingerprint density at radius 2 is 1.59 bits per heavy atom. The van der Waals surface area contributed by atoms with Crippen LogP contribution in [0.2, 0.25) is 0 Å². The molecule has 170 valence electrons. The van der Waals surface area contributed by atoms with E-state index in [0.717, 1.165) is 16.7 Å². The third kappa shape index (κ3) is 3.97. The lowest BCUT2D eigenvalue weighted by Crippen LogP contribution is -2.33. The zero-order chi connectivity index (χ0) is 23.7. The summed E-state index contributed by atoms with van der Waals surface area (Å²) in [5.41, 5.74) is 3.58. The van der Waals surface area contributed by atoms with Crippen molar-refractivity contribution in [3.63, 3.8) is 0 Å². The molecule has 1 aliphatic heterocycles. The molecule has 4 aromatic rings. The number of carbonyl (C=O) groups excluding carboxylic acids is 1. The van der Waals surface area contributed by atoms with Crippen molar-refractivity contribution in [3.8, 4) is 0 Å². The number of rotatable bonds is 6. The molecule has 1 atom stereocenters. The third-order valence-corrected chi connectivity index (χ3v) is 7.70. The maximum atomic E-state index is 14.0. The molecule has 34 heavy (non-hydrogen) atoms. The Labute approximate surface area is 199 Å². The molecule has 0 aliphatic carbocycles. The molecule has 0 saturated carbocycles. The average molecular weight is 470 g/mol. The Hall–Kier alpha value is -3.90. The highest BCUT2D eigenvalue weighted by Gasteiger charge is 2.36. The van der Waals surface area contributed by atoms with E-state index in [-0.39, 0.29) is 23.0 Å². The molecular weight excluding hydrogens is 446 g/mol. The quantitative estimate of drug-likeness (QED) is 0.316. The normalized spacial score (nSPS) is 15.5. The van der Waals surface area contributed by atoms with Gasteiger partial charge in [-0.15, -0.1) is 0 Å². The standard InChI is InChI=1S/C28H23NO4S/c1-20-13-15-23(16-14-20)34(31,32)29-25-11-6-5-10-24(25)22(19-27(30)28-12-7-17-33-28)18-26(29)21-8-3-2-4-9-21/h2-18,22H,19H2,1H3/t22-/m0/s1. The second kappa shape index (κ2) is 8.80. The van der Waals surface area contributed by atoms with Gasteiger partial charge in [-0.1, -0.05) is 72.3 Å². The number of hydrogen-bond donors (Lipinski definition) is 0. The van der Waals surface area contributed by atoms with Gasteiger partial charge in [0.2, 0.25) is 0 Å². The van der Waals surface area contributed by atoms with Gasteiger partial charge in [0, 0.05) is 12.3 Å². The van der Waals surface area contributed by atoms with Crippen LogP contribution >= 0.6 is 0 Å². The first kappa shape index (κ1) is 21.9. The summed E-state index contributed by atoms with van der Waals surface area (Å²) in [5.74, 6) is -0.154. The van der Waals surface area contributed by atoms with E-state index in [1.165, 1.54) is 10.6 Å². The molecule has 0 bridgehead atoms. The van der Waals surface area contributed by atoms with Crippen LogP contribution < -0.4 is 4.31 Å². The van der Waals surface area contributed by atoms with E-state index in [9.17, 15) is 13.2 Å². The number of nitrogens with zero attached hydrogens (tertiary/aromatic N) is 1. The topological polar surface area (TPSA) is 67.6 Å². The lowest BCUT2D eigenvalue weighted by Gasteiger charge is -2.35. The molecule has 0 radical (unpaired) electrons. The minimum atomic E-state index is -3.92. The second-order valence-electron chi connectivity index (χ2n) is 8.27. The monoisotopic (exact) mass is 469 g/mol. The fourth-order valence-corrected chi connectivity index (χ4v) is 5.81. The number of aryl methyl sites for hydroxylation is 1. The molecule has 0 saturated heterocycles. The zero-order valence-corrected chi connectivity index (χ0v) is 19.4. The first-order chi connectivity index (χ1) is 16.4. The zero-order valence-electron chi connectivity index (χ0n) is 18.6. The first-order valence-corrected chi connectivity index (χ1v) is 12.4. The van der Waals surface area contributed by atoms with Gasteiger partial charge in [0.1, 0.15) is 0 Å². The molecule has 6 heteroatoms. The van der Waals surface area contributed by atoms with Crippen molar-refractivity contribution in [3.05, 3.63) is 126 Å². The molecule has 0 spiro atoms. The van der Waals surface area contributed by atoms with Crippen LogP contribution in [0.4, 0.5) is 5.69 Å². The van der Waals surface area contributed by atoms with Crippen molar-refractivity contribution in [1.29, 1.82) is 0 Å². The van der Waals surface area contributed by atoms with Gasteiger partial charge in [0.15, 0.2) is 11.5 Å². The molecule has 0 fully saturated rings. The van der Waals surface area contributed by atoms with Crippen molar-refractivity contribution in [2.45, 2.75) is 24.2 Å². The largest absolute Gasteiger partial charge is 0.461 e. The highest BCUT2D eigenvalue weighted by Crippen LogP contribution is 2.44. The van der Waals surface area contributed by atoms with E-state index >= 15 is 0 Å². The van der Waals surface area contributed by atoms with Crippen molar-refractivity contribution >= 4 is 27.2 Å². The van der Waals surface area contributed by atoms with Gasteiger partial charge in [0.05, 0.1) is 22.5 Å². The van der Waals surface area contributed by atoms with Crippen LogP contribution in [0.3, 0.4) is 0 Å². The Balaban J connectivity index is 1.68. The summed E-state index contributed by atoms with van der Waals surface area (Å²) in [6.07, 6.45) is 3.52. The average Bonchev–Trinajstić information content (AvgIpc) is 3.40. The number of carbonyl (C=O) groups is 1. The van der Waals surface area contributed by atoms with E-state index in [2.05, 4.69) is 0 Å². The minimum Gasteiger partial charge on any atom is -0.461 e. The van der Waals surface area contributed by atoms with E-state index in [0.29, 0.717) is 17.1 Å². The molecule has 5 rings (SSSR count). The van der Waals surface area contributed by atoms with Gasteiger partial charge in [-0.05, 0) is 48.4 Å². The number of Topliss-reactive ketones (excluding diaryl/α,β-unsaturated/α-hetero) is 1. The van der Waals surface area contributed by atoms with Gasteiger partial charge in [0.25, 0.3) is 10.0 Å². The summed E-state index contributed by atoms with van der Waals surface area (Å²) in [4.78, 5) is 13.1. The van der Waals surface area contributed by atoms with Crippen LogP contribution in [0.15, 0.2) is 113 Å². The summed E-state index contributed by atoms with van der Waals surface area (Å²) < 4.78 is 34.6. The van der Waals surface area contributed by atoms with Crippen LogP contribution in [0.1, 0.15) is 39.6 Å². The van der Waals surface area contributed by atoms with Crippen LogP contribution in [-0.4, -0.2) is 14.2 Å². The Bertz CT molecular complexity index is 1450. The van der Waals surface area contributed by atoms with Crippen LogP contribution in [-0.2, 0) is 10.0 Å². The number of para-hydroxylation sites is 1. The number of anilines is 1. The Kier molecular flexibility index (Phi) is 5.67. The van der Waals surface area contributed by atoms with E-state index < -0.39 is 10.0 Å². The molecule has 5 nitrogen and oxygen atoms in total. The van der Waals surface area contributed by atoms with Crippen LogP contribution in [0.25, 0.3) is 5.70 Å². The highest BCUT2D eigenvalue weighted by atomic mass is 32.2. The van der Waals surface area contributed by atoms with Gasteiger partial charge in [-0.25, -0.2) is 12.7 Å². The van der Waals surface area contributed by atoms with Crippen molar-refractivity contribution < 1.29 is 17.6 Å². The van der Waals surface area contributed by atoms with Gasteiger partial charge in [-0.2, -0.15) is 0 Å². The molecule has 1 aliphatic rings. The van der Waals surface area contributed by atoms with E-state index in [1.54, 1.807) is 42.5 Å². The SMILES string of the molecule is Cc1ccc(S(=O)(=O)N2C(c3ccccc3)=C[C@@H](CC(=O)c3ccco3)c3ccccc32)cc1. The maximum Gasteiger partial charge on any atom is 0.268 e. The Morgan fingerprint density at radius 3 is 2.29 bits per heavy atom. The number of benzene rings is 3. The fourth-order valence-electron chi connectivity index (χ4n) is 4.27. The lowest BCUT2D eigenvalue weighted by molar-refractivity contribution is 0.0951. The number of allylic oxidation sites excluding steroid dienone is 1. The van der Waals surface area contributed by atoms with E-state index in [4.69, 9.17) is 4.42 Å². The maximum absolute atomic E-state index is 14.0. The summed E-state index contributed by atoms with van der Waals surface area (Å²) >= 11 is 0. The summed E-state index contributed by atoms with van der Waals surface area (Å²) in [6.45, 7) is 1.92. The summed E-state index contributed by atoms with van der Waals surface area (Å²) in [6, 6.07) is 26.9. The van der Waals surface area contributed by atoms with E-state index in [1.807, 2.05) is 61.5 Å². The van der Waals surface area contributed by atoms with Gasteiger partial charge in [-0.3, -0.25) is 4.79 Å². The summed E-state index contributed by atoms with van der Waals surface area (Å²) in [5, 5.41) is 0. The van der Waals surface area contributed by atoms with Crippen molar-refractivity contribution in [2.24, 2.45) is 0 Å². The van der Waals surface area contributed by atoms with Crippen LogP contribution in [0, 0.1) is 6.92 Å². The molecule has 0 amide bonds. The highest BCUT2D eigenvalue weighted by molar-refractivity contribution is 7.93. The number of fused-ring (bicyclic) bond motifs is 1. The first-order valence-electron chi connectivity index (χ1n) is 11.0. The van der Waals surface area contributed by atoms with Crippen molar-refractivity contribution in [1.82, 2.24) is 0 Å². The fraction of sp³-hybridized carbons (Fsp3) is 0.107. The molecule has 0 unspecified atom stereocenters. The lowest BCUT2D eigenvalue weighted by atomic mass is 9.87. The number of furan rings is 1. The predicted molar refractivity (Wildman–Crippen MR) is 132 cm³/mol. The van der Waals surface area contributed by atoms with Gasteiger partial charge >= 0.3 is 0 Å². The molecule has 1 aromatic heterocycles. The molecular formula is C28H23NO4S.